The third kappa shape index (κ3) is 3.41. The van der Waals surface area contributed by atoms with Crippen LogP contribution in [0.3, 0.4) is 0 Å². The highest BCUT2D eigenvalue weighted by Gasteiger charge is 2.22. The third-order valence-corrected chi connectivity index (χ3v) is 3.01. The number of hydrogen-bond acceptors (Lipinski definition) is 4. The fraction of sp³-hybridized carbons (Fsp3) is 0.615. The van der Waals surface area contributed by atoms with Crippen molar-refractivity contribution in [3.8, 4) is 0 Å². The zero-order valence-corrected chi connectivity index (χ0v) is 11.2. The molecule has 96 valence electrons. The molecule has 4 heteroatoms. The number of ether oxygens (including phenoxy) is 1. The number of nitrogen functional groups attached to an aromatic ring is 1. The number of aromatic nitrogens is 1. The molecule has 2 atom stereocenters. The molecule has 1 heterocycles. The molecule has 0 fully saturated rings. The van der Waals surface area contributed by atoms with Crippen LogP contribution in [0.2, 0.25) is 0 Å². The molecule has 0 spiro atoms. The summed E-state index contributed by atoms with van der Waals surface area (Å²) < 4.78 is 5.43. The van der Waals surface area contributed by atoms with Gasteiger partial charge in [-0.05, 0) is 38.4 Å². The lowest BCUT2D eigenvalue weighted by Gasteiger charge is -2.26. The molecule has 0 bridgehead atoms. The molecule has 1 aromatic rings. The zero-order chi connectivity index (χ0) is 12.8. The quantitative estimate of drug-likeness (QED) is 0.795. The van der Waals surface area contributed by atoms with E-state index < -0.39 is 0 Å². The molecule has 4 nitrogen and oxygen atoms in total. The van der Waals surface area contributed by atoms with Crippen molar-refractivity contribution in [1.82, 2.24) is 10.3 Å². The second kappa shape index (κ2) is 6.57. The lowest BCUT2D eigenvalue weighted by atomic mass is 9.98. The Labute approximate surface area is 104 Å². The first-order chi connectivity index (χ1) is 8.11. The van der Waals surface area contributed by atoms with Crippen LogP contribution in [0.1, 0.15) is 37.4 Å². The molecule has 0 amide bonds. The molecule has 0 aliphatic rings. The van der Waals surface area contributed by atoms with Gasteiger partial charge in [-0.2, -0.15) is 0 Å². The molecule has 17 heavy (non-hydrogen) atoms. The fourth-order valence-electron chi connectivity index (χ4n) is 1.93. The largest absolute Gasteiger partial charge is 0.383 e. The Kier molecular flexibility index (Phi) is 5.38. The predicted molar refractivity (Wildman–Crippen MR) is 70.9 cm³/mol. The highest BCUT2D eigenvalue weighted by atomic mass is 16.5. The van der Waals surface area contributed by atoms with Crippen LogP contribution in [-0.4, -0.2) is 24.7 Å². The van der Waals surface area contributed by atoms with Gasteiger partial charge < -0.3 is 15.8 Å². The van der Waals surface area contributed by atoms with Crippen LogP contribution in [0.25, 0.3) is 0 Å². The van der Waals surface area contributed by atoms with E-state index in [4.69, 9.17) is 10.5 Å². The zero-order valence-electron chi connectivity index (χ0n) is 11.2. The maximum atomic E-state index is 5.98. The summed E-state index contributed by atoms with van der Waals surface area (Å²) in [5.41, 5.74) is 8.18. The number of pyridine rings is 1. The van der Waals surface area contributed by atoms with E-state index in [1.165, 1.54) is 0 Å². The highest BCUT2D eigenvalue weighted by Crippen LogP contribution is 2.26. The molecule has 0 aromatic carbocycles. The van der Waals surface area contributed by atoms with Crippen molar-refractivity contribution in [1.29, 1.82) is 0 Å². The summed E-state index contributed by atoms with van der Waals surface area (Å²) in [6.45, 7) is 7.17. The monoisotopic (exact) mass is 237 g/mol. The molecular formula is C13H23N3O. The first-order valence-electron chi connectivity index (χ1n) is 6.09. The van der Waals surface area contributed by atoms with Crippen molar-refractivity contribution < 1.29 is 4.74 Å². The molecule has 0 saturated heterocycles. The number of nitrogens with two attached hydrogens (primary N) is 1. The predicted octanol–water partition coefficient (Wildman–Crippen LogP) is 2.05. The Morgan fingerprint density at radius 3 is 2.76 bits per heavy atom. The van der Waals surface area contributed by atoms with E-state index >= 15 is 0 Å². The van der Waals surface area contributed by atoms with Gasteiger partial charge in [0.05, 0.1) is 12.1 Å². The van der Waals surface area contributed by atoms with E-state index in [0.29, 0.717) is 5.82 Å². The average molecular weight is 237 g/mol. The van der Waals surface area contributed by atoms with Crippen LogP contribution in [0, 0.1) is 6.92 Å². The van der Waals surface area contributed by atoms with Gasteiger partial charge in [0.25, 0.3) is 0 Å². The average Bonchev–Trinajstić information content (AvgIpc) is 2.32. The van der Waals surface area contributed by atoms with E-state index in [0.717, 1.165) is 24.1 Å². The van der Waals surface area contributed by atoms with Gasteiger partial charge in [-0.15, -0.1) is 0 Å². The summed E-state index contributed by atoms with van der Waals surface area (Å²) >= 11 is 0. The summed E-state index contributed by atoms with van der Waals surface area (Å²) in [4.78, 5) is 4.17. The number of nitrogens with zero attached hydrogens (tertiary/aromatic N) is 1. The molecule has 2 unspecified atom stereocenters. The molecule has 0 aliphatic carbocycles. The van der Waals surface area contributed by atoms with Gasteiger partial charge in [0.1, 0.15) is 5.82 Å². The van der Waals surface area contributed by atoms with Gasteiger partial charge >= 0.3 is 0 Å². The Hall–Kier alpha value is -1.13. The molecule has 0 saturated carbocycles. The smallest absolute Gasteiger partial charge is 0.128 e. The topological polar surface area (TPSA) is 60.2 Å². The van der Waals surface area contributed by atoms with Gasteiger partial charge in [0, 0.05) is 18.9 Å². The minimum atomic E-state index is 0.0618. The van der Waals surface area contributed by atoms with E-state index in [9.17, 15) is 0 Å². The summed E-state index contributed by atoms with van der Waals surface area (Å²) in [7, 11) is 1.72. The maximum Gasteiger partial charge on any atom is 0.128 e. The van der Waals surface area contributed by atoms with Crippen molar-refractivity contribution >= 4 is 5.82 Å². The Morgan fingerprint density at radius 2 is 2.24 bits per heavy atom. The van der Waals surface area contributed by atoms with Crippen LogP contribution in [0.4, 0.5) is 5.82 Å². The maximum absolute atomic E-state index is 5.98. The van der Waals surface area contributed by atoms with Gasteiger partial charge in [-0.1, -0.05) is 6.92 Å². The molecule has 1 aromatic heterocycles. The third-order valence-electron chi connectivity index (χ3n) is 3.01. The molecule has 0 aliphatic heterocycles. The van der Waals surface area contributed by atoms with Crippen molar-refractivity contribution in [2.24, 2.45) is 0 Å². The molecule has 1 rings (SSSR count). The Bertz CT molecular complexity index is 334. The van der Waals surface area contributed by atoms with E-state index in [1.807, 2.05) is 13.0 Å². The number of nitrogens with one attached hydrogen (secondary N) is 1. The van der Waals surface area contributed by atoms with Crippen molar-refractivity contribution in [3.63, 3.8) is 0 Å². The van der Waals surface area contributed by atoms with Crippen LogP contribution >= 0.6 is 0 Å². The minimum Gasteiger partial charge on any atom is -0.383 e. The van der Waals surface area contributed by atoms with E-state index in [1.54, 1.807) is 13.3 Å². The van der Waals surface area contributed by atoms with E-state index in [-0.39, 0.29) is 12.1 Å². The van der Waals surface area contributed by atoms with Gasteiger partial charge in [-0.3, -0.25) is 0 Å². The molecule has 0 radical (unpaired) electrons. The molecular weight excluding hydrogens is 214 g/mol. The summed E-state index contributed by atoms with van der Waals surface area (Å²) in [5, 5.41) is 3.47. The minimum absolute atomic E-state index is 0.0618. The summed E-state index contributed by atoms with van der Waals surface area (Å²) in [5.74, 6) is 0.586. The van der Waals surface area contributed by atoms with Crippen LogP contribution in [0.15, 0.2) is 12.3 Å². The summed E-state index contributed by atoms with van der Waals surface area (Å²) in [6, 6.07) is 2.07. The number of methoxy groups -OCH3 is 1. The van der Waals surface area contributed by atoms with Crippen LogP contribution < -0.4 is 11.1 Å². The second-order valence-corrected chi connectivity index (χ2v) is 4.30. The van der Waals surface area contributed by atoms with Gasteiger partial charge in [0.2, 0.25) is 0 Å². The van der Waals surface area contributed by atoms with Gasteiger partial charge in [0.15, 0.2) is 0 Å². The lowest BCUT2D eigenvalue weighted by molar-refractivity contribution is 0.0829. The first-order valence-corrected chi connectivity index (χ1v) is 6.09. The lowest BCUT2D eigenvalue weighted by Crippen LogP contribution is -2.33. The van der Waals surface area contributed by atoms with Crippen LogP contribution in [0.5, 0.6) is 0 Å². The number of aryl methyl sites for hydroxylation is 1. The normalized spacial score (nSPS) is 14.6. The number of hydrogen-bond donors (Lipinski definition) is 2. The second-order valence-electron chi connectivity index (χ2n) is 4.30. The van der Waals surface area contributed by atoms with Gasteiger partial charge in [-0.25, -0.2) is 4.98 Å². The van der Waals surface area contributed by atoms with Crippen LogP contribution in [-0.2, 0) is 4.74 Å². The standard InChI is InChI=1S/C13H23N3O/c1-5-7-15-12(10(3)17-4)11-9(2)6-8-16-13(11)14/h6,8,10,12,15H,5,7H2,1-4H3,(H2,14,16). The highest BCUT2D eigenvalue weighted by molar-refractivity contribution is 5.46. The fourth-order valence-corrected chi connectivity index (χ4v) is 1.93. The number of anilines is 1. The SMILES string of the molecule is CCCNC(c1c(C)ccnc1N)C(C)OC. The first kappa shape index (κ1) is 13.9. The summed E-state index contributed by atoms with van der Waals surface area (Å²) in [6.07, 6.45) is 2.88. The van der Waals surface area contributed by atoms with E-state index in [2.05, 4.69) is 24.1 Å². The Morgan fingerprint density at radius 1 is 1.53 bits per heavy atom. The van der Waals surface area contributed by atoms with Crippen molar-refractivity contribution in [2.75, 3.05) is 19.4 Å². The number of rotatable bonds is 6. The Balaban J connectivity index is 3.03. The van der Waals surface area contributed by atoms with Crippen molar-refractivity contribution in [3.05, 3.63) is 23.4 Å². The molecule has 3 N–H and O–H groups in total. The van der Waals surface area contributed by atoms with Crippen molar-refractivity contribution in [2.45, 2.75) is 39.3 Å².